The maximum atomic E-state index is 10.8. The molecule has 3 rings (SSSR count). The molecule has 0 spiro atoms. The van der Waals surface area contributed by atoms with Crippen LogP contribution in [0.15, 0.2) is 46.9 Å². The molecule has 0 bridgehead atoms. The van der Waals surface area contributed by atoms with Crippen LogP contribution in [-0.2, 0) is 12.1 Å². The van der Waals surface area contributed by atoms with Gasteiger partial charge < -0.3 is 14.6 Å². The highest BCUT2D eigenvalue weighted by molar-refractivity contribution is 5.25. The normalized spacial score (nSPS) is 26.9. The lowest BCUT2D eigenvalue weighted by atomic mass is 9.82. The Morgan fingerprint density at radius 2 is 2.00 bits per heavy atom. The van der Waals surface area contributed by atoms with Crippen LogP contribution in [0.3, 0.4) is 0 Å². The molecule has 0 saturated carbocycles. The Hall–Kier alpha value is -1.62. The smallest absolute Gasteiger partial charge is 0.118 e. The van der Waals surface area contributed by atoms with E-state index in [0.29, 0.717) is 19.5 Å². The average Bonchev–Trinajstić information content (AvgIpc) is 2.89. The molecule has 1 aromatic carbocycles. The first-order valence-corrected chi connectivity index (χ1v) is 7.31. The summed E-state index contributed by atoms with van der Waals surface area (Å²) >= 11 is 0. The molecule has 0 aliphatic carbocycles. The van der Waals surface area contributed by atoms with E-state index < -0.39 is 11.7 Å². The lowest BCUT2D eigenvalue weighted by molar-refractivity contribution is -0.126. The molecule has 1 fully saturated rings. The van der Waals surface area contributed by atoms with Crippen LogP contribution in [0.1, 0.15) is 23.5 Å². The van der Waals surface area contributed by atoms with E-state index in [1.165, 1.54) is 0 Å². The van der Waals surface area contributed by atoms with E-state index >= 15 is 0 Å². The number of hydrogen-bond acceptors (Lipinski definition) is 4. The summed E-state index contributed by atoms with van der Waals surface area (Å²) < 4.78 is 5.57. The van der Waals surface area contributed by atoms with Gasteiger partial charge in [0.15, 0.2) is 0 Å². The Kier molecular flexibility index (Phi) is 3.85. The van der Waals surface area contributed by atoms with E-state index in [0.717, 1.165) is 23.6 Å². The Bertz CT molecular complexity index is 595. The number of furan rings is 1. The fourth-order valence-corrected chi connectivity index (χ4v) is 2.98. The van der Waals surface area contributed by atoms with Crippen molar-refractivity contribution in [2.24, 2.45) is 0 Å². The number of aliphatic hydroxyl groups is 2. The van der Waals surface area contributed by atoms with Gasteiger partial charge in [0.2, 0.25) is 0 Å². The summed E-state index contributed by atoms with van der Waals surface area (Å²) in [5, 5.41) is 21.2. The molecule has 2 N–H and O–H groups in total. The molecule has 2 heterocycles. The zero-order valence-corrected chi connectivity index (χ0v) is 12.2. The molecule has 0 radical (unpaired) electrons. The van der Waals surface area contributed by atoms with Gasteiger partial charge in [0.25, 0.3) is 0 Å². The minimum atomic E-state index is -1.16. The lowest BCUT2D eigenvalue weighted by Gasteiger charge is -2.42. The van der Waals surface area contributed by atoms with Crippen LogP contribution in [0.2, 0.25) is 0 Å². The number of nitrogens with zero attached hydrogens (tertiary/aromatic N) is 1. The van der Waals surface area contributed by atoms with Crippen molar-refractivity contribution in [3.05, 3.63) is 59.5 Å². The molecule has 1 aliphatic rings. The third-order valence-electron chi connectivity index (χ3n) is 4.24. The monoisotopic (exact) mass is 287 g/mol. The topological polar surface area (TPSA) is 56.8 Å². The van der Waals surface area contributed by atoms with Gasteiger partial charge >= 0.3 is 0 Å². The van der Waals surface area contributed by atoms with Crippen molar-refractivity contribution in [3.8, 4) is 0 Å². The van der Waals surface area contributed by atoms with Crippen LogP contribution in [-0.4, -0.2) is 34.3 Å². The van der Waals surface area contributed by atoms with Gasteiger partial charge in [-0.15, -0.1) is 0 Å². The summed E-state index contributed by atoms with van der Waals surface area (Å²) in [6.45, 7) is 3.74. The van der Waals surface area contributed by atoms with Crippen molar-refractivity contribution in [2.75, 3.05) is 13.1 Å². The number of rotatable bonds is 3. The maximum absolute atomic E-state index is 10.8. The Balaban J connectivity index is 1.69. The van der Waals surface area contributed by atoms with E-state index in [2.05, 4.69) is 4.90 Å². The molecule has 0 amide bonds. The molecule has 1 aromatic heterocycles. The van der Waals surface area contributed by atoms with Gasteiger partial charge in [-0.2, -0.15) is 0 Å². The maximum Gasteiger partial charge on any atom is 0.118 e. The first kappa shape index (κ1) is 14.3. The van der Waals surface area contributed by atoms with Crippen LogP contribution in [0.4, 0.5) is 0 Å². The molecular formula is C17H21NO3. The molecule has 21 heavy (non-hydrogen) atoms. The molecule has 1 saturated heterocycles. The van der Waals surface area contributed by atoms with E-state index in [1.54, 1.807) is 0 Å². The summed E-state index contributed by atoms with van der Waals surface area (Å²) in [5.74, 6) is 1.79. The lowest BCUT2D eigenvalue weighted by Crippen LogP contribution is -2.53. The number of hydrogen-bond donors (Lipinski definition) is 2. The summed E-state index contributed by atoms with van der Waals surface area (Å²) in [4.78, 5) is 2.11. The molecule has 0 unspecified atom stereocenters. The van der Waals surface area contributed by atoms with E-state index in [4.69, 9.17) is 4.42 Å². The van der Waals surface area contributed by atoms with Crippen LogP contribution < -0.4 is 0 Å². The predicted octanol–water partition coefficient (Wildman–Crippen LogP) is 2.04. The molecule has 4 heteroatoms. The fraction of sp³-hybridized carbons (Fsp3) is 0.412. The third-order valence-corrected chi connectivity index (χ3v) is 4.24. The molecule has 2 atom stereocenters. The van der Waals surface area contributed by atoms with Crippen molar-refractivity contribution in [2.45, 2.75) is 31.6 Å². The van der Waals surface area contributed by atoms with Gasteiger partial charge in [-0.3, -0.25) is 4.90 Å². The number of benzene rings is 1. The highest BCUT2D eigenvalue weighted by Gasteiger charge is 2.41. The SMILES string of the molecule is Cc1ccc(CN2CC[C@](O)(c3ccccc3)[C@@H](O)C2)o1. The molecule has 112 valence electrons. The van der Waals surface area contributed by atoms with E-state index in [1.807, 2.05) is 49.4 Å². The quantitative estimate of drug-likeness (QED) is 0.907. The largest absolute Gasteiger partial charge is 0.465 e. The van der Waals surface area contributed by atoms with Crippen molar-refractivity contribution < 1.29 is 14.6 Å². The van der Waals surface area contributed by atoms with Gasteiger partial charge in [0.1, 0.15) is 17.1 Å². The highest BCUT2D eigenvalue weighted by Crippen LogP contribution is 2.33. The first-order chi connectivity index (χ1) is 10.1. The number of aryl methyl sites for hydroxylation is 1. The van der Waals surface area contributed by atoms with E-state index in [9.17, 15) is 10.2 Å². The van der Waals surface area contributed by atoms with Crippen molar-refractivity contribution in [3.63, 3.8) is 0 Å². The number of likely N-dealkylation sites (tertiary alicyclic amines) is 1. The third kappa shape index (κ3) is 2.88. The predicted molar refractivity (Wildman–Crippen MR) is 79.7 cm³/mol. The Morgan fingerprint density at radius 1 is 1.24 bits per heavy atom. The summed E-state index contributed by atoms with van der Waals surface area (Å²) in [6.07, 6.45) is -0.289. The molecule has 2 aromatic rings. The molecule has 4 nitrogen and oxygen atoms in total. The van der Waals surface area contributed by atoms with Crippen LogP contribution in [0.5, 0.6) is 0 Å². The van der Waals surface area contributed by atoms with Gasteiger partial charge in [-0.25, -0.2) is 0 Å². The summed E-state index contributed by atoms with van der Waals surface area (Å²) in [7, 11) is 0. The summed E-state index contributed by atoms with van der Waals surface area (Å²) in [5.41, 5.74) is -0.373. The van der Waals surface area contributed by atoms with Crippen LogP contribution >= 0.6 is 0 Å². The second kappa shape index (κ2) is 5.64. The first-order valence-electron chi connectivity index (χ1n) is 7.31. The van der Waals surface area contributed by atoms with Gasteiger partial charge in [-0.1, -0.05) is 30.3 Å². The van der Waals surface area contributed by atoms with Crippen molar-refractivity contribution in [1.82, 2.24) is 4.90 Å². The van der Waals surface area contributed by atoms with Crippen LogP contribution in [0.25, 0.3) is 0 Å². The zero-order chi connectivity index (χ0) is 14.9. The highest BCUT2D eigenvalue weighted by atomic mass is 16.3. The fourth-order valence-electron chi connectivity index (χ4n) is 2.98. The standard InChI is InChI=1S/C17H21NO3/c1-13-7-8-15(21-13)11-18-10-9-17(20,16(19)12-18)14-5-3-2-4-6-14/h2-8,16,19-20H,9-12H2,1H3/t16-,17-/m0/s1. The second-order valence-corrected chi connectivity index (χ2v) is 5.80. The van der Waals surface area contributed by atoms with E-state index in [-0.39, 0.29) is 0 Å². The molecular weight excluding hydrogens is 266 g/mol. The molecule has 1 aliphatic heterocycles. The van der Waals surface area contributed by atoms with Gasteiger partial charge in [0.05, 0.1) is 12.6 Å². The van der Waals surface area contributed by atoms with Gasteiger partial charge in [-0.05, 0) is 31.0 Å². The average molecular weight is 287 g/mol. The minimum Gasteiger partial charge on any atom is -0.465 e. The minimum absolute atomic E-state index is 0.436. The Morgan fingerprint density at radius 3 is 2.62 bits per heavy atom. The van der Waals surface area contributed by atoms with Crippen molar-refractivity contribution >= 4 is 0 Å². The Labute approximate surface area is 124 Å². The summed E-state index contributed by atoms with van der Waals surface area (Å²) in [6, 6.07) is 13.3. The zero-order valence-electron chi connectivity index (χ0n) is 12.2. The van der Waals surface area contributed by atoms with Gasteiger partial charge in [0, 0.05) is 13.1 Å². The van der Waals surface area contributed by atoms with Crippen molar-refractivity contribution in [1.29, 1.82) is 0 Å². The number of aliphatic hydroxyl groups excluding tert-OH is 1. The van der Waals surface area contributed by atoms with Crippen LogP contribution in [0, 0.1) is 6.92 Å². The number of β-amino-alcohol motifs (C(OH)–C–C–N with tert-alkyl or cyclic N) is 1. The number of piperidine rings is 1. The second-order valence-electron chi connectivity index (χ2n) is 5.80.